The minimum absolute atomic E-state index is 0.116. The molecule has 0 radical (unpaired) electrons. The van der Waals surface area contributed by atoms with Crippen LogP contribution < -0.4 is 5.32 Å². The summed E-state index contributed by atoms with van der Waals surface area (Å²) in [6, 6.07) is 3.68. The second kappa shape index (κ2) is 5.24. The van der Waals surface area contributed by atoms with Crippen molar-refractivity contribution >= 4 is 28.6 Å². The molecule has 2 aromatic rings. The fourth-order valence-electron chi connectivity index (χ4n) is 1.41. The van der Waals surface area contributed by atoms with E-state index in [1.165, 1.54) is 0 Å². The number of nitrogens with zero attached hydrogens (tertiary/aromatic N) is 2. The van der Waals surface area contributed by atoms with Crippen molar-refractivity contribution in [3.05, 3.63) is 39.6 Å². The van der Waals surface area contributed by atoms with Gasteiger partial charge >= 0.3 is 0 Å². The predicted octanol–water partition coefficient (Wildman–Crippen LogP) is 4.10. The van der Waals surface area contributed by atoms with Crippen LogP contribution in [0.5, 0.6) is 0 Å². The Balaban J connectivity index is 1.98. The lowest BCUT2D eigenvalue weighted by molar-refractivity contribution is 0.583. The first-order chi connectivity index (χ1) is 8.45. The van der Waals surface area contributed by atoms with Crippen LogP contribution in [0, 0.1) is 0 Å². The van der Waals surface area contributed by atoms with E-state index >= 15 is 0 Å². The highest BCUT2D eigenvalue weighted by molar-refractivity contribution is 7.09. The molecule has 18 heavy (non-hydrogen) atoms. The number of halogens is 1. The summed E-state index contributed by atoms with van der Waals surface area (Å²) in [6.07, 6.45) is 1.72. The molecule has 0 saturated carbocycles. The molecule has 0 aliphatic carbocycles. The highest BCUT2D eigenvalue weighted by atomic mass is 35.5. The highest BCUT2D eigenvalue weighted by Crippen LogP contribution is 2.25. The van der Waals surface area contributed by atoms with Gasteiger partial charge in [0.15, 0.2) is 0 Å². The Morgan fingerprint density at radius 1 is 1.33 bits per heavy atom. The lowest BCUT2D eigenvalue weighted by atomic mass is 9.98. The molecular formula is C13H16ClN3S. The Kier molecular flexibility index (Phi) is 3.88. The largest absolute Gasteiger partial charge is 0.378 e. The van der Waals surface area contributed by atoms with Gasteiger partial charge in [-0.1, -0.05) is 32.4 Å². The van der Waals surface area contributed by atoms with E-state index in [2.05, 4.69) is 41.4 Å². The summed E-state index contributed by atoms with van der Waals surface area (Å²) in [6.45, 7) is 7.22. The predicted molar refractivity (Wildman–Crippen MR) is 77.4 cm³/mol. The molecule has 0 amide bonds. The van der Waals surface area contributed by atoms with E-state index < -0.39 is 0 Å². The Bertz CT molecular complexity index is 514. The molecular weight excluding hydrogens is 266 g/mol. The monoisotopic (exact) mass is 281 g/mol. The van der Waals surface area contributed by atoms with Crippen molar-refractivity contribution < 1.29 is 0 Å². The number of anilines is 1. The zero-order valence-electron chi connectivity index (χ0n) is 10.7. The molecule has 0 aromatic carbocycles. The van der Waals surface area contributed by atoms with Crippen LogP contribution in [0.1, 0.15) is 31.5 Å². The van der Waals surface area contributed by atoms with Crippen LogP contribution >= 0.6 is 22.9 Å². The third-order valence-electron chi connectivity index (χ3n) is 2.39. The zero-order chi connectivity index (χ0) is 13.2. The van der Waals surface area contributed by atoms with Gasteiger partial charge in [0.1, 0.15) is 5.15 Å². The molecule has 0 atom stereocenters. The van der Waals surface area contributed by atoms with Gasteiger partial charge in [0.2, 0.25) is 0 Å². The Labute approximate surface area is 116 Å². The van der Waals surface area contributed by atoms with Crippen molar-refractivity contribution in [1.29, 1.82) is 0 Å². The molecule has 2 heterocycles. The summed E-state index contributed by atoms with van der Waals surface area (Å²) >= 11 is 7.44. The minimum atomic E-state index is 0.116. The van der Waals surface area contributed by atoms with Crippen molar-refractivity contribution in [3.8, 4) is 0 Å². The number of aromatic nitrogens is 2. The van der Waals surface area contributed by atoms with Gasteiger partial charge in [-0.05, 0) is 12.1 Å². The lowest BCUT2D eigenvalue weighted by Crippen LogP contribution is -2.11. The smallest absolute Gasteiger partial charge is 0.129 e. The molecule has 96 valence electrons. The van der Waals surface area contributed by atoms with Crippen molar-refractivity contribution in [1.82, 2.24) is 9.97 Å². The van der Waals surface area contributed by atoms with Crippen LogP contribution in [0.3, 0.4) is 0 Å². The maximum Gasteiger partial charge on any atom is 0.129 e. The molecule has 0 aliphatic rings. The number of thiazole rings is 1. The standard InChI is InChI=1S/C13H16ClN3S/c1-13(2,3)12-17-10(8-18-12)7-15-9-4-5-11(14)16-6-9/h4-6,8,15H,7H2,1-3H3. The lowest BCUT2D eigenvalue weighted by Gasteiger charge is -2.13. The average Bonchev–Trinajstić information content (AvgIpc) is 2.77. The van der Waals surface area contributed by atoms with Crippen LogP contribution in [-0.4, -0.2) is 9.97 Å². The zero-order valence-corrected chi connectivity index (χ0v) is 12.3. The second-order valence-corrected chi connectivity index (χ2v) is 6.36. The average molecular weight is 282 g/mol. The summed E-state index contributed by atoms with van der Waals surface area (Å²) in [4.78, 5) is 8.64. The van der Waals surface area contributed by atoms with Gasteiger partial charge in [-0.15, -0.1) is 11.3 Å². The normalized spacial score (nSPS) is 11.6. The Morgan fingerprint density at radius 2 is 2.11 bits per heavy atom. The van der Waals surface area contributed by atoms with E-state index in [1.807, 2.05) is 6.07 Å². The minimum Gasteiger partial charge on any atom is -0.378 e. The maximum absolute atomic E-state index is 5.73. The van der Waals surface area contributed by atoms with E-state index in [9.17, 15) is 0 Å². The third-order valence-corrected chi connectivity index (χ3v) is 3.93. The molecule has 2 rings (SSSR count). The van der Waals surface area contributed by atoms with Crippen molar-refractivity contribution in [2.45, 2.75) is 32.7 Å². The quantitative estimate of drug-likeness (QED) is 0.861. The Hall–Kier alpha value is -1.13. The Morgan fingerprint density at radius 3 is 2.67 bits per heavy atom. The maximum atomic E-state index is 5.73. The molecule has 0 aliphatic heterocycles. The molecule has 2 aromatic heterocycles. The van der Waals surface area contributed by atoms with Gasteiger partial charge in [-0.2, -0.15) is 0 Å². The van der Waals surface area contributed by atoms with E-state index in [4.69, 9.17) is 11.6 Å². The molecule has 1 N–H and O–H groups in total. The molecule has 3 nitrogen and oxygen atoms in total. The van der Waals surface area contributed by atoms with Crippen LogP contribution in [0.2, 0.25) is 5.15 Å². The van der Waals surface area contributed by atoms with E-state index in [1.54, 1.807) is 23.6 Å². The number of rotatable bonds is 3. The molecule has 0 bridgehead atoms. The molecule has 0 spiro atoms. The van der Waals surface area contributed by atoms with Gasteiger partial charge < -0.3 is 5.32 Å². The summed E-state index contributed by atoms with van der Waals surface area (Å²) in [5.41, 5.74) is 2.12. The van der Waals surface area contributed by atoms with E-state index in [0.29, 0.717) is 11.7 Å². The molecule has 0 unspecified atom stereocenters. The van der Waals surface area contributed by atoms with Gasteiger partial charge in [-0.25, -0.2) is 9.97 Å². The second-order valence-electron chi connectivity index (χ2n) is 5.12. The molecule has 0 fully saturated rings. The van der Waals surface area contributed by atoms with Crippen LogP contribution in [0.15, 0.2) is 23.7 Å². The third kappa shape index (κ3) is 3.43. The van der Waals surface area contributed by atoms with Crippen LogP contribution in [-0.2, 0) is 12.0 Å². The van der Waals surface area contributed by atoms with Gasteiger partial charge in [-0.3, -0.25) is 0 Å². The first-order valence-corrected chi connectivity index (χ1v) is 7.01. The molecule has 0 saturated heterocycles. The first-order valence-electron chi connectivity index (χ1n) is 5.75. The SMILES string of the molecule is CC(C)(C)c1nc(CNc2ccc(Cl)nc2)cs1. The summed E-state index contributed by atoms with van der Waals surface area (Å²) in [5, 5.41) is 7.03. The molecule has 5 heteroatoms. The van der Waals surface area contributed by atoms with Gasteiger partial charge in [0.25, 0.3) is 0 Å². The van der Waals surface area contributed by atoms with E-state index in [0.717, 1.165) is 16.4 Å². The van der Waals surface area contributed by atoms with Crippen molar-refractivity contribution in [2.24, 2.45) is 0 Å². The fourth-order valence-corrected chi connectivity index (χ4v) is 2.42. The van der Waals surface area contributed by atoms with Gasteiger partial charge in [0.05, 0.1) is 29.1 Å². The summed E-state index contributed by atoms with van der Waals surface area (Å²) < 4.78 is 0. The number of nitrogens with one attached hydrogen (secondary N) is 1. The summed E-state index contributed by atoms with van der Waals surface area (Å²) in [5.74, 6) is 0. The van der Waals surface area contributed by atoms with Crippen LogP contribution in [0.4, 0.5) is 5.69 Å². The first kappa shape index (κ1) is 13.3. The van der Waals surface area contributed by atoms with Gasteiger partial charge in [0, 0.05) is 10.8 Å². The summed E-state index contributed by atoms with van der Waals surface area (Å²) in [7, 11) is 0. The number of hydrogen-bond donors (Lipinski definition) is 1. The highest BCUT2D eigenvalue weighted by Gasteiger charge is 2.17. The topological polar surface area (TPSA) is 37.8 Å². The number of hydrogen-bond acceptors (Lipinski definition) is 4. The van der Waals surface area contributed by atoms with Crippen molar-refractivity contribution in [3.63, 3.8) is 0 Å². The van der Waals surface area contributed by atoms with E-state index in [-0.39, 0.29) is 5.41 Å². The fraction of sp³-hybridized carbons (Fsp3) is 0.385. The van der Waals surface area contributed by atoms with Crippen molar-refractivity contribution in [2.75, 3.05) is 5.32 Å². The number of pyridine rings is 1. The van der Waals surface area contributed by atoms with Crippen LogP contribution in [0.25, 0.3) is 0 Å².